The number of hydrogen-bond acceptors (Lipinski definition) is 3. The van der Waals surface area contributed by atoms with E-state index in [2.05, 4.69) is 29.6 Å². The first-order valence-electron chi connectivity index (χ1n) is 6.51. The van der Waals surface area contributed by atoms with E-state index >= 15 is 0 Å². The van der Waals surface area contributed by atoms with Crippen molar-refractivity contribution in [2.45, 2.75) is 37.3 Å². The Morgan fingerprint density at radius 2 is 2.22 bits per heavy atom. The molecule has 1 heterocycles. The third-order valence-electron chi connectivity index (χ3n) is 4.20. The molecule has 0 radical (unpaired) electrons. The number of fused-ring (bicyclic) bond motifs is 1. The predicted octanol–water partition coefficient (Wildman–Crippen LogP) is 3.86. The molecule has 1 unspecified atom stereocenters. The van der Waals surface area contributed by atoms with Gasteiger partial charge in [-0.2, -0.15) is 0 Å². The van der Waals surface area contributed by atoms with E-state index in [9.17, 15) is 0 Å². The van der Waals surface area contributed by atoms with E-state index in [1.54, 1.807) is 11.3 Å². The summed E-state index contributed by atoms with van der Waals surface area (Å²) in [5.41, 5.74) is 7.73. The summed E-state index contributed by atoms with van der Waals surface area (Å²) >= 11 is 1.78. The van der Waals surface area contributed by atoms with Crippen molar-refractivity contribution in [2.24, 2.45) is 5.73 Å². The second kappa shape index (κ2) is 4.65. The van der Waals surface area contributed by atoms with Gasteiger partial charge in [-0.25, -0.2) is 0 Å². The lowest BCUT2D eigenvalue weighted by molar-refractivity contribution is -0.0816. The molecule has 96 valence electrons. The van der Waals surface area contributed by atoms with Crippen molar-refractivity contribution in [3.8, 4) is 0 Å². The Hall–Kier alpha value is -0.900. The molecule has 1 fully saturated rings. The summed E-state index contributed by atoms with van der Waals surface area (Å²) in [5, 5.41) is 3.43. The van der Waals surface area contributed by atoms with Gasteiger partial charge in [-0.1, -0.05) is 18.2 Å². The molecular formula is C15H19NOS. The quantitative estimate of drug-likeness (QED) is 0.907. The van der Waals surface area contributed by atoms with Crippen molar-refractivity contribution in [3.63, 3.8) is 0 Å². The highest BCUT2D eigenvalue weighted by atomic mass is 32.1. The fourth-order valence-electron chi connectivity index (χ4n) is 2.88. The van der Waals surface area contributed by atoms with Gasteiger partial charge in [0.15, 0.2) is 0 Å². The Morgan fingerprint density at radius 1 is 1.39 bits per heavy atom. The van der Waals surface area contributed by atoms with Gasteiger partial charge >= 0.3 is 0 Å². The van der Waals surface area contributed by atoms with Gasteiger partial charge in [-0.05, 0) is 48.1 Å². The van der Waals surface area contributed by atoms with Crippen LogP contribution >= 0.6 is 11.3 Å². The summed E-state index contributed by atoms with van der Waals surface area (Å²) in [6.45, 7) is 0. The fraction of sp³-hybridized carbons (Fsp3) is 0.467. The van der Waals surface area contributed by atoms with Crippen LogP contribution in [0, 0.1) is 0 Å². The Labute approximate surface area is 112 Å². The Morgan fingerprint density at radius 3 is 2.89 bits per heavy atom. The maximum absolute atomic E-state index is 6.42. The number of thiophene rings is 1. The molecule has 1 aromatic carbocycles. The van der Waals surface area contributed by atoms with Crippen molar-refractivity contribution in [1.29, 1.82) is 0 Å². The highest BCUT2D eigenvalue weighted by molar-refractivity contribution is 7.17. The van der Waals surface area contributed by atoms with Gasteiger partial charge in [0.25, 0.3) is 0 Å². The fourth-order valence-corrected chi connectivity index (χ4v) is 3.86. The van der Waals surface area contributed by atoms with Crippen LogP contribution in [-0.4, -0.2) is 12.7 Å². The topological polar surface area (TPSA) is 35.2 Å². The number of ether oxygens (including phenoxy) is 1. The van der Waals surface area contributed by atoms with Gasteiger partial charge < -0.3 is 10.5 Å². The minimum atomic E-state index is 0.0405. The molecule has 0 aliphatic heterocycles. The molecule has 1 atom stereocenters. The van der Waals surface area contributed by atoms with Gasteiger partial charge in [0.05, 0.1) is 5.60 Å². The van der Waals surface area contributed by atoms with Gasteiger partial charge in [0.1, 0.15) is 0 Å². The highest BCUT2D eigenvalue weighted by Crippen LogP contribution is 2.42. The van der Waals surface area contributed by atoms with Crippen molar-refractivity contribution >= 4 is 21.4 Å². The van der Waals surface area contributed by atoms with Crippen LogP contribution in [0.25, 0.3) is 10.1 Å². The maximum Gasteiger partial charge on any atom is 0.0696 e. The minimum absolute atomic E-state index is 0.0405. The normalized spacial score (nSPS) is 19.7. The van der Waals surface area contributed by atoms with Crippen LogP contribution in [-0.2, 0) is 4.74 Å². The van der Waals surface area contributed by atoms with Crippen LogP contribution in [0.4, 0.5) is 0 Å². The van der Waals surface area contributed by atoms with Gasteiger partial charge in [-0.15, -0.1) is 11.3 Å². The van der Waals surface area contributed by atoms with E-state index in [1.807, 2.05) is 7.11 Å². The van der Waals surface area contributed by atoms with Crippen LogP contribution in [0.1, 0.15) is 37.3 Å². The molecule has 1 aliphatic rings. The number of benzene rings is 1. The van der Waals surface area contributed by atoms with Crippen molar-refractivity contribution in [3.05, 3.63) is 35.2 Å². The van der Waals surface area contributed by atoms with E-state index in [0.29, 0.717) is 0 Å². The van der Waals surface area contributed by atoms with Crippen LogP contribution < -0.4 is 5.73 Å². The SMILES string of the molecule is COC1(CC(N)c2cccc3ccsc23)CCC1. The molecule has 2 nitrogen and oxygen atoms in total. The van der Waals surface area contributed by atoms with Gasteiger partial charge in [-0.3, -0.25) is 0 Å². The molecule has 1 aromatic heterocycles. The number of methoxy groups -OCH3 is 1. The van der Waals surface area contributed by atoms with Crippen molar-refractivity contribution < 1.29 is 4.74 Å². The monoisotopic (exact) mass is 261 g/mol. The molecule has 1 aliphatic carbocycles. The third kappa shape index (κ3) is 1.96. The molecule has 2 aromatic rings. The lowest BCUT2D eigenvalue weighted by Crippen LogP contribution is -2.41. The van der Waals surface area contributed by atoms with Crippen LogP contribution in [0.5, 0.6) is 0 Å². The average molecular weight is 261 g/mol. The Kier molecular flexibility index (Phi) is 3.14. The zero-order valence-corrected chi connectivity index (χ0v) is 11.5. The first-order chi connectivity index (χ1) is 8.74. The van der Waals surface area contributed by atoms with E-state index in [0.717, 1.165) is 19.3 Å². The van der Waals surface area contributed by atoms with Crippen LogP contribution in [0.3, 0.4) is 0 Å². The van der Waals surface area contributed by atoms with E-state index < -0.39 is 0 Å². The van der Waals surface area contributed by atoms with E-state index in [-0.39, 0.29) is 11.6 Å². The molecule has 2 N–H and O–H groups in total. The molecule has 0 spiro atoms. The van der Waals surface area contributed by atoms with Crippen molar-refractivity contribution in [1.82, 2.24) is 0 Å². The summed E-state index contributed by atoms with van der Waals surface area (Å²) < 4.78 is 7.01. The first-order valence-corrected chi connectivity index (χ1v) is 7.39. The molecule has 1 saturated carbocycles. The summed E-state index contributed by atoms with van der Waals surface area (Å²) in [5.74, 6) is 0. The zero-order chi connectivity index (χ0) is 12.6. The molecule has 3 heteroatoms. The van der Waals surface area contributed by atoms with Crippen LogP contribution in [0.15, 0.2) is 29.6 Å². The lowest BCUT2D eigenvalue weighted by atomic mass is 9.75. The smallest absolute Gasteiger partial charge is 0.0696 e. The lowest BCUT2D eigenvalue weighted by Gasteiger charge is -2.42. The molecular weight excluding hydrogens is 242 g/mol. The molecule has 0 amide bonds. The summed E-state index contributed by atoms with van der Waals surface area (Å²) in [4.78, 5) is 0. The second-order valence-electron chi connectivity index (χ2n) is 5.24. The maximum atomic E-state index is 6.42. The number of nitrogens with two attached hydrogens (primary N) is 1. The van der Waals surface area contributed by atoms with Gasteiger partial charge in [0.2, 0.25) is 0 Å². The Balaban J connectivity index is 1.87. The second-order valence-corrected chi connectivity index (χ2v) is 6.15. The molecule has 18 heavy (non-hydrogen) atoms. The minimum Gasteiger partial charge on any atom is -0.378 e. The van der Waals surface area contributed by atoms with E-state index in [1.165, 1.54) is 22.1 Å². The molecule has 0 saturated heterocycles. The number of rotatable bonds is 4. The van der Waals surface area contributed by atoms with Gasteiger partial charge in [0, 0.05) is 17.9 Å². The predicted molar refractivity (Wildman–Crippen MR) is 77.0 cm³/mol. The summed E-state index contributed by atoms with van der Waals surface area (Å²) in [7, 11) is 1.82. The average Bonchev–Trinajstić information content (AvgIpc) is 2.81. The van der Waals surface area contributed by atoms with E-state index in [4.69, 9.17) is 10.5 Å². The summed E-state index contributed by atoms with van der Waals surface area (Å²) in [6.07, 6.45) is 4.50. The van der Waals surface area contributed by atoms with Crippen LogP contribution in [0.2, 0.25) is 0 Å². The molecule has 3 rings (SSSR count). The van der Waals surface area contributed by atoms with Crippen molar-refractivity contribution in [2.75, 3.05) is 7.11 Å². The largest absolute Gasteiger partial charge is 0.378 e. The number of hydrogen-bond donors (Lipinski definition) is 1. The Bertz CT molecular complexity index is 539. The standard InChI is InChI=1S/C15H19NOS/c1-17-15(7-3-8-15)10-13(16)12-5-2-4-11-6-9-18-14(11)12/h2,4-6,9,13H,3,7-8,10,16H2,1H3. The molecule has 0 bridgehead atoms. The summed E-state index contributed by atoms with van der Waals surface area (Å²) in [6, 6.07) is 8.65. The zero-order valence-electron chi connectivity index (χ0n) is 10.7. The highest BCUT2D eigenvalue weighted by Gasteiger charge is 2.38. The first kappa shape index (κ1) is 12.2. The third-order valence-corrected chi connectivity index (χ3v) is 5.18.